The number of nitrogens with two attached hydrogens (primary N) is 1. The predicted molar refractivity (Wildman–Crippen MR) is 400 cm³/mol. The molecule has 0 bridgehead atoms. The zero-order valence-corrected chi connectivity index (χ0v) is 63.2. The molecule has 10 heteroatoms. The highest BCUT2D eigenvalue weighted by atomic mass is 31.2. The Morgan fingerprint density at radius 3 is 0.663 bits per heavy atom. The van der Waals surface area contributed by atoms with Crippen LogP contribution in [0.5, 0.6) is 0 Å². The second kappa shape index (κ2) is 79.0. The van der Waals surface area contributed by atoms with Crippen molar-refractivity contribution in [2.45, 2.75) is 489 Å². The van der Waals surface area contributed by atoms with Crippen molar-refractivity contribution >= 4 is 19.8 Å². The van der Waals surface area contributed by atoms with Gasteiger partial charge in [-0.1, -0.05) is 457 Å². The number of unbranched alkanes of at least 4 members (excludes halogenated alkanes) is 69. The summed E-state index contributed by atoms with van der Waals surface area (Å²) < 4.78 is 33.3. The van der Waals surface area contributed by atoms with Crippen LogP contribution in [0.2, 0.25) is 0 Å². The van der Waals surface area contributed by atoms with Crippen molar-refractivity contribution in [2.75, 3.05) is 26.4 Å². The second-order valence-electron chi connectivity index (χ2n) is 29.1. The van der Waals surface area contributed by atoms with Crippen LogP contribution in [0.25, 0.3) is 0 Å². The topological polar surface area (TPSA) is 134 Å². The Balaban J connectivity index is 3.70. The van der Waals surface area contributed by atoms with Crippen molar-refractivity contribution in [1.82, 2.24) is 0 Å². The van der Waals surface area contributed by atoms with Crippen LogP contribution in [-0.2, 0) is 32.7 Å². The van der Waals surface area contributed by atoms with Crippen LogP contribution >= 0.6 is 7.82 Å². The normalized spacial score (nSPS) is 12.7. The molecule has 0 amide bonds. The first-order valence-corrected chi connectivity index (χ1v) is 43.5. The quantitative estimate of drug-likeness (QED) is 0.0347. The van der Waals surface area contributed by atoms with Gasteiger partial charge in [0.25, 0.3) is 0 Å². The lowest BCUT2D eigenvalue weighted by Gasteiger charge is -2.19. The molecule has 2 atom stereocenters. The van der Waals surface area contributed by atoms with E-state index in [0.717, 1.165) is 32.1 Å². The molecule has 0 rings (SSSR count). The first kappa shape index (κ1) is 91.0. The van der Waals surface area contributed by atoms with Crippen molar-refractivity contribution in [3.05, 3.63) is 0 Å². The number of ether oxygens (including phenoxy) is 2. The summed E-state index contributed by atoms with van der Waals surface area (Å²) in [5.41, 5.74) is 5.42. The number of hydrogen-bond acceptors (Lipinski definition) is 8. The van der Waals surface area contributed by atoms with E-state index < -0.39 is 26.5 Å². The van der Waals surface area contributed by atoms with Gasteiger partial charge in [0, 0.05) is 19.4 Å². The molecule has 0 saturated heterocycles. The van der Waals surface area contributed by atoms with Crippen LogP contribution in [0, 0.1) is 0 Å². The summed E-state index contributed by atoms with van der Waals surface area (Å²) in [7, 11) is -4.39. The average Bonchev–Trinajstić information content (AvgIpc) is 3.08. The van der Waals surface area contributed by atoms with E-state index in [0.29, 0.717) is 12.8 Å². The second-order valence-corrected chi connectivity index (χ2v) is 30.5. The van der Waals surface area contributed by atoms with E-state index in [1.54, 1.807) is 0 Å². The number of phosphoric ester groups is 1. The van der Waals surface area contributed by atoms with E-state index in [9.17, 15) is 19.0 Å². The smallest absolute Gasteiger partial charge is 0.462 e. The number of phosphoric acid groups is 1. The highest BCUT2D eigenvalue weighted by Crippen LogP contribution is 2.43. The van der Waals surface area contributed by atoms with E-state index in [1.165, 1.54) is 417 Å². The van der Waals surface area contributed by atoms with E-state index in [4.69, 9.17) is 24.3 Å². The van der Waals surface area contributed by atoms with Gasteiger partial charge in [-0.05, 0) is 12.8 Å². The number of carbonyl (C=O) groups is 2. The molecule has 0 fully saturated rings. The molecule has 0 saturated carbocycles. The Morgan fingerprint density at radius 2 is 0.467 bits per heavy atom. The molecule has 3 N–H and O–H groups in total. The van der Waals surface area contributed by atoms with Gasteiger partial charge in [0.2, 0.25) is 0 Å². The molecule has 2 unspecified atom stereocenters. The molecule has 9 nitrogen and oxygen atoms in total. The summed E-state index contributed by atoms with van der Waals surface area (Å²) >= 11 is 0. The number of rotatable bonds is 82. The Bertz CT molecular complexity index is 1470. The van der Waals surface area contributed by atoms with E-state index in [-0.39, 0.29) is 32.1 Å². The lowest BCUT2D eigenvalue weighted by molar-refractivity contribution is -0.161. The van der Waals surface area contributed by atoms with Crippen LogP contribution in [0.4, 0.5) is 0 Å². The largest absolute Gasteiger partial charge is 0.472 e. The van der Waals surface area contributed by atoms with Crippen LogP contribution in [0.1, 0.15) is 483 Å². The van der Waals surface area contributed by atoms with E-state index in [1.807, 2.05) is 0 Å². The molecule has 0 radical (unpaired) electrons. The van der Waals surface area contributed by atoms with Gasteiger partial charge >= 0.3 is 19.8 Å². The van der Waals surface area contributed by atoms with Gasteiger partial charge in [0.05, 0.1) is 13.2 Å². The maximum Gasteiger partial charge on any atom is 0.472 e. The lowest BCUT2D eigenvalue weighted by Crippen LogP contribution is -2.29. The predicted octanol–water partition coefficient (Wildman–Crippen LogP) is 28.1. The summed E-state index contributed by atoms with van der Waals surface area (Å²) in [5.74, 6) is -0.793. The van der Waals surface area contributed by atoms with Gasteiger partial charge in [-0.2, -0.15) is 0 Å². The molecule has 92 heavy (non-hydrogen) atoms. The summed E-state index contributed by atoms with van der Waals surface area (Å²) in [6, 6.07) is 0. The fourth-order valence-electron chi connectivity index (χ4n) is 13.5. The third-order valence-electron chi connectivity index (χ3n) is 19.7. The van der Waals surface area contributed by atoms with Crippen molar-refractivity contribution < 1.29 is 37.6 Å². The Morgan fingerprint density at radius 1 is 0.283 bits per heavy atom. The molecule has 0 aliphatic heterocycles. The molecule has 0 aromatic heterocycles. The Kier molecular flexibility index (Phi) is 78.2. The molecule has 0 heterocycles. The number of esters is 2. The van der Waals surface area contributed by atoms with E-state index >= 15 is 0 Å². The molecule has 0 aliphatic carbocycles. The number of hydrogen-bond donors (Lipinski definition) is 2. The SMILES string of the molecule is CCCCCCCCCCCCCCCCCCCCCCCCCCCCCCCCCCCCCCCCCC(=O)OC(COC(=O)CCCCCCCCCCCCCCCCCCCCCCCCCCCCCCCCCC)COP(=O)(O)OCCN. The van der Waals surface area contributed by atoms with Crippen LogP contribution in [-0.4, -0.2) is 49.3 Å². The van der Waals surface area contributed by atoms with Gasteiger partial charge in [-0.3, -0.25) is 18.6 Å². The van der Waals surface area contributed by atoms with Crippen molar-refractivity contribution in [3.8, 4) is 0 Å². The maximum absolute atomic E-state index is 12.8. The van der Waals surface area contributed by atoms with Gasteiger partial charge in [0.1, 0.15) is 6.61 Å². The zero-order chi connectivity index (χ0) is 66.5. The molecule has 0 spiro atoms. The Labute approximate surface area is 575 Å². The first-order chi connectivity index (χ1) is 45.3. The van der Waals surface area contributed by atoms with Crippen molar-refractivity contribution in [2.24, 2.45) is 5.73 Å². The van der Waals surface area contributed by atoms with E-state index in [2.05, 4.69) is 13.8 Å². The summed E-state index contributed by atoms with van der Waals surface area (Å²) in [4.78, 5) is 35.5. The van der Waals surface area contributed by atoms with Crippen LogP contribution < -0.4 is 5.73 Å². The average molecular weight is 1320 g/mol. The fourth-order valence-corrected chi connectivity index (χ4v) is 14.3. The van der Waals surface area contributed by atoms with Gasteiger partial charge < -0.3 is 20.1 Å². The summed E-state index contributed by atoms with van der Waals surface area (Å²) in [6.07, 6.45) is 97.1. The zero-order valence-electron chi connectivity index (χ0n) is 62.4. The molecule has 0 aliphatic rings. The monoisotopic (exact) mass is 1320 g/mol. The number of carbonyl (C=O) groups excluding carboxylic acids is 2. The molecular weight excluding hydrogens is 1160 g/mol. The lowest BCUT2D eigenvalue weighted by atomic mass is 10.0. The minimum atomic E-state index is -4.39. The highest BCUT2D eigenvalue weighted by molar-refractivity contribution is 7.47. The molecular formula is C82H164NO8P. The van der Waals surface area contributed by atoms with Crippen molar-refractivity contribution in [3.63, 3.8) is 0 Å². The van der Waals surface area contributed by atoms with Gasteiger partial charge in [-0.15, -0.1) is 0 Å². The third kappa shape index (κ3) is 78.0. The third-order valence-corrected chi connectivity index (χ3v) is 20.7. The maximum atomic E-state index is 12.8. The van der Waals surface area contributed by atoms with Gasteiger partial charge in [-0.25, -0.2) is 4.57 Å². The summed E-state index contributed by atoms with van der Waals surface area (Å²) in [6.45, 7) is 3.86. The molecule has 0 aromatic carbocycles. The minimum absolute atomic E-state index is 0.0590. The summed E-state index contributed by atoms with van der Waals surface area (Å²) in [5, 5.41) is 0. The van der Waals surface area contributed by atoms with Crippen molar-refractivity contribution in [1.29, 1.82) is 0 Å². The standard InChI is InChI=1S/C82H164NO8P/c1-3-5-7-9-11-13-15-17-19-21-23-25-27-29-31-33-35-37-38-39-40-41-42-43-45-47-49-51-53-55-57-59-61-63-65-67-69-71-73-75-82(85)91-80(79-90-92(86,87)89-77-76-83)78-88-81(84)74-72-70-68-66-64-62-60-58-56-54-52-50-48-46-44-36-34-32-30-28-26-24-22-20-18-16-14-12-10-8-6-4-2/h80H,3-79,83H2,1-2H3,(H,86,87). The molecule has 550 valence electrons. The molecule has 0 aromatic rings. The van der Waals surface area contributed by atoms with Crippen LogP contribution in [0.15, 0.2) is 0 Å². The Hall–Kier alpha value is -0.990. The first-order valence-electron chi connectivity index (χ1n) is 42.0. The minimum Gasteiger partial charge on any atom is -0.462 e. The van der Waals surface area contributed by atoms with Crippen LogP contribution in [0.3, 0.4) is 0 Å². The fraction of sp³-hybridized carbons (Fsp3) is 0.976. The van der Waals surface area contributed by atoms with Gasteiger partial charge in [0.15, 0.2) is 6.10 Å². The highest BCUT2D eigenvalue weighted by Gasteiger charge is 2.26.